The Balaban J connectivity index is 1.95. The average Bonchev–Trinajstić information content (AvgIpc) is 2.88. The van der Waals surface area contributed by atoms with Crippen LogP contribution < -0.4 is 4.74 Å². The van der Waals surface area contributed by atoms with E-state index in [0.29, 0.717) is 5.88 Å². The zero-order chi connectivity index (χ0) is 15.1. The monoisotopic (exact) mass is 307 g/mol. The third-order valence-corrected chi connectivity index (χ3v) is 4.54. The number of hydrogen-bond donors (Lipinski definition) is 0. The first kappa shape index (κ1) is 13.2. The van der Waals surface area contributed by atoms with E-state index in [2.05, 4.69) is 27.9 Å². The molecule has 22 heavy (non-hydrogen) atoms. The molecule has 4 rings (SSSR count). The molecule has 0 atom stereocenters. The molecule has 0 aliphatic rings. The number of thiophene rings is 1. The number of rotatable bonds is 2. The van der Waals surface area contributed by atoms with Crippen LogP contribution in [-0.4, -0.2) is 15.0 Å². The van der Waals surface area contributed by atoms with E-state index in [1.165, 1.54) is 5.56 Å². The molecule has 0 aliphatic carbocycles. The first-order chi connectivity index (χ1) is 10.7. The molecule has 0 bridgehead atoms. The summed E-state index contributed by atoms with van der Waals surface area (Å²) in [6, 6.07) is 11.7. The SMILES string of the molecule is Cc1cc(C)c2c(n1)sc1c(Oc3ccccc3)ncnc12. The van der Waals surface area contributed by atoms with Gasteiger partial charge in [-0.1, -0.05) is 18.2 Å². The van der Waals surface area contributed by atoms with E-state index in [9.17, 15) is 0 Å². The number of aromatic nitrogens is 3. The Kier molecular flexibility index (Phi) is 3.01. The Hall–Kier alpha value is -2.53. The maximum Gasteiger partial charge on any atom is 0.240 e. The van der Waals surface area contributed by atoms with Crippen LogP contribution in [0.25, 0.3) is 20.4 Å². The molecule has 0 spiro atoms. The van der Waals surface area contributed by atoms with Crippen molar-refractivity contribution >= 4 is 31.8 Å². The fourth-order valence-corrected chi connectivity index (χ4v) is 3.74. The molecule has 1 aromatic carbocycles. The van der Waals surface area contributed by atoms with Crippen LogP contribution >= 0.6 is 11.3 Å². The van der Waals surface area contributed by atoms with Crippen molar-refractivity contribution in [3.05, 3.63) is 54.0 Å². The van der Waals surface area contributed by atoms with E-state index in [4.69, 9.17) is 4.74 Å². The van der Waals surface area contributed by atoms with Gasteiger partial charge in [-0.05, 0) is 37.6 Å². The summed E-state index contributed by atoms with van der Waals surface area (Å²) < 4.78 is 6.86. The van der Waals surface area contributed by atoms with Crippen LogP contribution in [0.4, 0.5) is 0 Å². The van der Waals surface area contributed by atoms with Crippen LogP contribution in [0.2, 0.25) is 0 Å². The van der Waals surface area contributed by atoms with Crippen LogP contribution in [0.1, 0.15) is 11.3 Å². The molecule has 3 heterocycles. The number of hydrogen-bond acceptors (Lipinski definition) is 5. The standard InChI is InChI=1S/C17H13N3OS/c1-10-8-11(2)20-17-13(10)14-15(22-17)16(19-9-18-14)21-12-6-4-3-5-7-12/h3-9H,1-2H3. The van der Waals surface area contributed by atoms with E-state index in [-0.39, 0.29) is 0 Å². The van der Waals surface area contributed by atoms with Crippen molar-refractivity contribution in [2.24, 2.45) is 0 Å². The van der Waals surface area contributed by atoms with Gasteiger partial charge in [0.05, 0.1) is 5.52 Å². The van der Waals surface area contributed by atoms with E-state index < -0.39 is 0 Å². The van der Waals surface area contributed by atoms with Crippen molar-refractivity contribution < 1.29 is 4.74 Å². The highest BCUT2D eigenvalue weighted by Crippen LogP contribution is 2.38. The van der Waals surface area contributed by atoms with Crippen LogP contribution in [0.5, 0.6) is 11.6 Å². The summed E-state index contributed by atoms with van der Waals surface area (Å²) in [6.45, 7) is 4.09. The minimum Gasteiger partial charge on any atom is -0.437 e. The van der Waals surface area contributed by atoms with Crippen molar-refractivity contribution in [3.8, 4) is 11.6 Å². The summed E-state index contributed by atoms with van der Waals surface area (Å²) in [5.74, 6) is 1.34. The minimum absolute atomic E-state index is 0.580. The topological polar surface area (TPSA) is 47.9 Å². The molecule has 0 amide bonds. The first-order valence-corrected chi connectivity index (χ1v) is 7.78. The molecule has 0 radical (unpaired) electrons. The summed E-state index contributed by atoms with van der Waals surface area (Å²) in [7, 11) is 0. The lowest BCUT2D eigenvalue weighted by atomic mass is 10.1. The lowest BCUT2D eigenvalue weighted by Gasteiger charge is -2.04. The van der Waals surface area contributed by atoms with E-state index >= 15 is 0 Å². The van der Waals surface area contributed by atoms with Crippen molar-refractivity contribution in [3.63, 3.8) is 0 Å². The number of benzene rings is 1. The highest BCUT2D eigenvalue weighted by molar-refractivity contribution is 7.25. The molecule has 4 nitrogen and oxygen atoms in total. The second-order valence-electron chi connectivity index (χ2n) is 5.13. The molecule has 4 aromatic rings. The molecular formula is C17H13N3OS. The normalized spacial score (nSPS) is 11.2. The number of nitrogens with zero attached hydrogens (tertiary/aromatic N) is 3. The molecule has 0 saturated carbocycles. The Morgan fingerprint density at radius 2 is 1.86 bits per heavy atom. The van der Waals surface area contributed by atoms with Gasteiger partial charge in [0.15, 0.2) is 0 Å². The molecular weight excluding hydrogens is 294 g/mol. The predicted molar refractivity (Wildman–Crippen MR) is 88.7 cm³/mol. The van der Waals surface area contributed by atoms with Gasteiger partial charge in [-0.15, -0.1) is 11.3 Å². The second kappa shape index (κ2) is 5.03. The summed E-state index contributed by atoms with van der Waals surface area (Å²) >= 11 is 1.57. The van der Waals surface area contributed by atoms with Crippen molar-refractivity contribution in [2.75, 3.05) is 0 Å². The molecule has 0 aliphatic heterocycles. The number of fused-ring (bicyclic) bond motifs is 3. The van der Waals surface area contributed by atoms with E-state index in [1.807, 2.05) is 37.3 Å². The number of ether oxygens (including phenoxy) is 1. The van der Waals surface area contributed by atoms with E-state index in [0.717, 1.165) is 31.9 Å². The summed E-state index contributed by atoms with van der Waals surface area (Å²) in [4.78, 5) is 14.3. The number of pyridine rings is 1. The van der Waals surface area contributed by atoms with Gasteiger partial charge in [-0.2, -0.15) is 0 Å². The van der Waals surface area contributed by atoms with Gasteiger partial charge in [-0.25, -0.2) is 15.0 Å². The minimum atomic E-state index is 0.580. The lowest BCUT2D eigenvalue weighted by molar-refractivity contribution is 0.469. The molecule has 108 valence electrons. The van der Waals surface area contributed by atoms with Gasteiger partial charge in [-0.3, -0.25) is 0 Å². The van der Waals surface area contributed by atoms with E-state index in [1.54, 1.807) is 17.7 Å². The van der Waals surface area contributed by atoms with Gasteiger partial charge >= 0.3 is 0 Å². The van der Waals surface area contributed by atoms with Crippen LogP contribution in [0, 0.1) is 13.8 Å². The van der Waals surface area contributed by atoms with Gasteiger partial charge in [0.2, 0.25) is 5.88 Å². The van der Waals surface area contributed by atoms with Gasteiger partial charge in [0.1, 0.15) is 21.6 Å². The zero-order valence-corrected chi connectivity index (χ0v) is 13.0. The summed E-state index contributed by atoms with van der Waals surface area (Å²) in [5, 5.41) is 1.09. The smallest absolute Gasteiger partial charge is 0.240 e. The summed E-state index contributed by atoms with van der Waals surface area (Å²) in [5.41, 5.74) is 3.10. The largest absolute Gasteiger partial charge is 0.437 e. The first-order valence-electron chi connectivity index (χ1n) is 6.97. The maximum atomic E-state index is 5.92. The molecule has 5 heteroatoms. The molecule has 3 aromatic heterocycles. The Bertz CT molecular complexity index is 979. The maximum absolute atomic E-state index is 5.92. The third-order valence-electron chi connectivity index (χ3n) is 3.48. The predicted octanol–water partition coefficient (Wildman–Crippen LogP) is 4.65. The Morgan fingerprint density at radius 1 is 1.05 bits per heavy atom. The van der Waals surface area contributed by atoms with Gasteiger partial charge in [0.25, 0.3) is 0 Å². The van der Waals surface area contributed by atoms with Crippen molar-refractivity contribution in [2.45, 2.75) is 13.8 Å². The molecule has 0 unspecified atom stereocenters. The number of para-hydroxylation sites is 1. The van der Waals surface area contributed by atoms with Crippen LogP contribution in [-0.2, 0) is 0 Å². The quantitative estimate of drug-likeness (QED) is 0.541. The fourth-order valence-electron chi connectivity index (χ4n) is 2.56. The zero-order valence-electron chi connectivity index (χ0n) is 12.2. The molecule has 0 saturated heterocycles. The van der Waals surface area contributed by atoms with Gasteiger partial charge < -0.3 is 4.74 Å². The van der Waals surface area contributed by atoms with Crippen molar-refractivity contribution in [1.82, 2.24) is 15.0 Å². The fraction of sp³-hybridized carbons (Fsp3) is 0.118. The van der Waals surface area contributed by atoms with Gasteiger partial charge in [0, 0.05) is 11.1 Å². The third kappa shape index (κ3) is 2.10. The average molecular weight is 307 g/mol. The Morgan fingerprint density at radius 3 is 2.68 bits per heavy atom. The summed E-state index contributed by atoms with van der Waals surface area (Å²) in [6.07, 6.45) is 1.55. The van der Waals surface area contributed by atoms with Crippen LogP contribution in [0.3, 0.4) is 0 Å². The second-order valence-corrected chi connectivity index (χ2v) is 6.13. The van der Waals surface area contributed by atoms with Crippen molar-refractivity contribution in [1.29, 1.82) is 0 Å². The molecule has 0 N–H and O–H groups in total. The molecule has 0 fully saturated rings. The highest BCUT2D eigenvalue weighted by atomic mass is 32.1. The highest BCUT2D eigenvalue weighted by Gasteiger charge is 2.15. The van der Waals surface area contributed by atoms with Crippen LogP contribution in [0.15, 0.2) is 42.7 Å². The number of aryl methyl sites for hydroxylation is 2. The lowest BCUT2D eigenvalue weighted by Crippen LogP contribution is -1.89. The Labute approximate surface area is 131 Å².